The third-order valence-corrected chi connectivity index (χ3v) is 6.27. The molecule has 160 valence electrons. The van der Waals surface area contributed by atoms with Crippen molar-refractivity contribution < 1.29 is 9.13 Å². The molecule has 1 fully saturated rings. The van der Waals surface area contributed by atoms with E-state index in [4.69, 9.17) is 22.1 Å². The number of nitrogens with zero attached hydrogens (tertiary/aromatic N) is 5. The lowest BCUT2D eigenvalue weighted by Crippen LogP contribution is -2.49. The maximum absolute atomic E-state index is 15.1. The molecule has 4 rings (SSSR count). The van der Waals surface area contributed by atoms with Gasteiger partial charge in [0.2, 0.25) is 0 Å². The van der Waals surface area contributed by atoms with E-state index in [0.717, 1.165) is 24.3 Å². The molecule has 3 heterocycles. The van der Waals surface area contributed by atoms with Crippen LogP contribution in [0.4, 0.5) is 10.2 Å². The standard InChI is InChI=1S/C21H26ClFN6O/c1-10(2)28-7-13(8-28)17-18(23)15(22)6-14(19(17)30-5)12(4)29-21-16(11(3)27-29)20(24)25-9-26-21/h6,9-10,12-13H,7-8H2,1-5H3,(H2,24,25,26)/t12-/m1/s1. The molecule has 2 aromatic heterocycles. The highest BCUT2D eigenvalue weighted by Crippen LogP contribution is 2.43. The van der Waals surface area contributed by atoms with Crippen LogP contribution in [0.1, 0.15) is 49.6 Å². The minimum atomic E-state index is -0.411. The van der Waals surface area contributed by atoms with Gasteiger partial charge in [0, 0.05) is 36.2 Å². The summed E-state index contributed by atoms with van der Waals surface area (Å²) in [7, 11) is 1.56. The van der Waals surface area contributed by atoms with E-state index in [9.17, 15) is 0 Å². The molecule has 0 bridgehead atoms. The highest BCUT2D eigenvalue weighted by Gasteiger charge is 2.36. The maximum atomic E-state index is 15.1. The van der Waals surface area contributed by atoms with E-state index in [-0.39, 0.29) is 17.0 Å². The van der Waals surface area contributed by atoms with Crippen LogP contribution in [0.2, 0.25) is 5.02 Å². The predicted octanol–water partition coefficient (Wildman–Crippen LogP) is 3.93. The van der Waals surface area contributed by atoms with Crippen LogP contribution in [0.3, 0.4) is 0 Å². The summed E-state index contributed by atoms with van der Waals surface area (Å²) in [5.41, 5.74) is 8.67. The Morgan fingerprint density at radius 1 is 1.27 bits per heavy atom. The summed E-state index contributed by atoms with van der Waals surface area (Å²) >= 11 is 6.33. The molecule has 3 aromatic rings. The fourth-order valence-electron chi connectivity index (χ4n) is 4.24. The normalized spacial score (nSPS) is 16.3. The van der Waals surface area contributed by atoms with Crippen molar-refractivity contribution in [2.24, 2.45) is 0 Å². The summed E-state index contributed by atoms with van der Waals surface area (Å²) in [5.74, 6) is 0.511. The first-order chi connectivity index (χ1) is 14.2. The number of nitrogens with two attached hydrogens (primary N) is 1. The van der Waals surface area contributed by atoms with Gasteiger partial charge in [-0.2, -0.15) is 5.10 Å². The van der Waals surface area contributed by atoms with E-state index < -0.39 is 5.82 Å². The van der Waals surface area contributed by atoms with Crippen LogP contribution in [0.25, 0.3) is 11.0 Å². The van der Waals surface area contributed by atoms with Gasteiger partial charge in [-0.1, -0.05) is 11.6 Å². The average Bonchev–Trinajstić information content (AvgIpc) is 3.00. The molecule has 2 N–H and O–H groups in total. The molecule has 0 amide bonds. The average molecular weight is 433 g/mol. The first kappa shape index (κ1) is 20.8. The number of fused-ring (bicyclic) bond motifs is 1. The first-order valence-corrected chi connectivity index (χ1v) is 10.4. The molecule has 0 aliphatic carbocycles. The molecule has 7 nitrogen and oxygen atoms in total. The fraction of sp³-hybridized carbons (Fsp3) is 0.476. The number of aryl methyl sites for hydroxylation is 1. The second-order valence-corrected chi connectivity index (χ2v) is 8.52. The van der Waals surface area contributed by atoms with Gasteiger partial charge in [0.25, 0.3) is 0 Å². The van der Waals surface area contributed by atoms with Gasteiger partial charge in [-0.3, -0.25) is 4.90 Å². The lowest BCUT2D eigenvalue weighted by atomic mass is 9.87. The largest absolute Gasteiger partial charge is 0.496 e. The van der Waals surface area contributed by atoms with E-state index in [2.05, 4.69) is 33.8 Å². The number of hydrogen-bond donors (Lipinski definition) is 1. The van der Waals surface area contributed by atoms with Crippen LogP contribution in [-0.2, 0) is 0 Å². The van der Waals surface area contributed by atoms with E-state index >= 15 is 4.39 Å². The number of aromatic nitrogens is 4. The van der Waals surface area contributed by atoms with Crippen molar-refractivity contribution in [2.45, 2.75) is 45.7 Å². The molecule has 1 aliphatic heterocycles. The number of benzene rings is 1. The van der Waals surface area contributed by atoms with Crippen molar-refractivity contribution in [1.82, 2.24) is 24.6 Å². The highest BCUT2D eigenvalue weighted by atomic mass is 35.5. The first-order valence-electron chi connectivity index (χ1n) is 9.99. The zero-order valence-corrected chi connectivity index (χ0v) is 18.5. The van der Waals surface area contributed by atoms with Crippen molar-refractivity contribution >= 4 is 28.5 Å². The molecule has 1 aromatic carbocycles. The summed E-state index contributed by atoms with van der Waals surface area (Å²) in [6.07, 6.45) is 1.41. The van der Waals surface area contributed by atoms with Crippen LogP contribution in [-0.4, -0.2) is 50.9 Å². The lowest BCUT2D eigenvalue weighted by molar-refractivity contribution is 0.106. The molecule has 9 heteroatoms. The Balaban J connectivity index is 1.83. The van der Waals surface area contributed by atoms with Crippen LogP contribution in [0, 0.1) is 12.7 Å². The Kier molecular flexibility index (Phi) is 5.32. The molecule has 0 unspecified atom stereocenters. The predicted molar refractivity (Wildman–Crippen MR) is 116 cm³/mol. The Morgan fingerprint density at radius 3 is 2.60 bits per heavy atom. The summed E-state index contributed by atoms with van der Waals surface area (Å²) in [4.78, 5) is 10.7. The number of methoxy groups -OCH3 is 1. The third-order valence-electron chi connectivity index (χ3n) is 6.00. The van der Waals surface area contributed by atoms with Crippen LogP contribution >= 0.6 is 11.6 Å². The van der Waals surface area contributed by atoms with Crippen LogP contribution in [0.15, 0.2) is 12.4 Å². The van der Waals surface area contributed by atoms with Gasteiger partial charge >= 0.3 is 0 Å². The summed E-state index contributed by atoms with van der Waals surface area (Å²) in [5, 5.41) is 5.42. The summed E-state index contributed by atoms with van der Waals surface area (Å²) in [6, 6.07) is 1.73. The molecule has 0 radical (unpaired) electrons. The van der Waals surface area contributed by atoms with Crippen molar-refractivity contribution in [2.75, 3.05) is 25.9 Å². The molecule has 30 heavy (non-hydrogen) atoms. The van der Waals surface area contributed by atoms with E-state index in [1.54, 1.807) is 17.9 Å². The fourth-order valence-corrected chi connectivity index (χ4v) is 4.46. The van der Waals surface area contributed by atoms with Crippen molar-refractivity contribution in [3.8, 4) is 5.75 Å². The molecular weight excluding hydrogens is 407 g/mol. The number of nitrogen functional groups attached to an aromatic ring is 1. The summed E-state index contributed by atoms with van der Waals surface area (Å²) in [6.45, 7) is 9.63. The van der Waals surface area contributed by atoms with Crippen LogP contribution in [0.5, 0.6) is 5.75 Å². The number of likely N-dealkylation sites (tertiary alicyclic amines) is 1. The van der Waals surface area contributed by atoms with Gasteiger partial charge in [-0.15, -0.1) is 0 Å². The molecule has 0 saturated carbocycles. The number of ether oxygens (including phenoxy) is 1. The van der Waals surface area contributed by atoms with Gasteiger partial charge in [-0.25, -0.2) is 19.0 Å². The second kappa shape index (κ2) is 7.67. The lowest BCUT2D eigenvalue weighted by Gasteiger charge is -2.43. The van der Waals surface area contributed by atoms with Crippen LogP contribution < -0.4 is 10.5 Å². The Labute approximate surface area is 180 Å². The number of hydrogen-bond acceptors (Lipinski definition) is 6. The van der Waals surface area contributed by atoms with E-state index in [0.29, 0.717) is 34.2 Å². The smallest absolute Gasteiger partial charge is 0.164 e. The summed E-state index contributed by atoms with van der Waals surface area (Å²) < 4.78 is 22.6. The Bertz CT molecular complexity index is 1110. The van der Waals surface area contributed by atoms with Crippen molar-refractivity contribution in [3.05, 3.63) is 40.1 Å². The number of anilines is 1. The van der Waals surface area contributed by atoms with Gasteiger partial charge < -0.3 is 10.5 Å². The van der Waals surface area contributed by atoms with Gasteiger partial charge in [0.05, 0.1) is 29.3 Å². The Hall–Kier alpha value is -2.45. The Morgan fingerprint density at radius 2 is 1.97 bits per heavy atom. The molecule has 1 aliphatic rings. The van der Waals surface area contributed by atoms with Gasteiger partial charge in [0.1, 0.15) is 23.7 Å². The third kappa shape index (κ3) is 3.18. The minimum Gasteiger partial charge on any atom is -0.496 e. The minimum absolute atomic E-state index is 0.0288. The molecule has 1 saturated heterocycles. The van der Waals surface area contributed by atoms with Gasteiger partial charge in [0.15, 0.2) is 5.65 Å². The van der Waals surface area contributed by atoms with Crippen molar-refractivity contribution in [3.63, 3.8) is 0 Å². The van der Waals surface area contributed by atoms with Gasteiger partial charge in [-0.05, 0) is 33.8 Å². The molecular formula is C21H26ClFN6O. The topological polar surface area (TPSA) is 82.1 Å². The zero-order chi connectivity index (χ0) is 21.7. The number of halogens is 2. The molecule has 0 spiro atoms. The number of rotatable bonds is 5. The van der Waals surface area contributed by atoms with Crippen molar-refractivity contribution in [1.29, 1.82) is 0 Å². The maximum Gasteiger partial charge on any atom is 0.164 e. The quantitative estimate of drug-likeness (QED) is 0.657. The SMILES string of the molecule is COc1c([C@@H](C)n2nc(C)c3c(N)ncnc32)cc(Cl)c(F)c1C1CN(C(C)C)C1. The highest BCUT2D eigenvalue weighted by molar-refractivity contribution is 6.31. The zero-order valence-electron chi connectivity index (χ0n) is 17.8. The second-order valence-electron chi connectivity index (χ2n) is 8.12. The van der Waals surface area contributed by atoms with E-state index in [1.807, 2.05) is 13.8 Å². The van der Waals surface area contributed by atoms with E-state index in [1.165, 1.54) is 6.33 Å². The monoisotopic (exact) mass is 432 g/mol. The molecule has 1 atom stereocenters.